The summed E-state index contributed by atoms with van der Waals surface area (Å²) in [4.78, 5) is 32.7. The van der Waals surface area contributed by atoms with Gasteiger partial charge in [-0.1, -0.05) is 0 Å². The molecule has 0 radical (unpaired) electrons. The number of non-ortho nitro benzene ring substituents is 1. The number of nitro groups is 1. The van der Waals surface area contributed by atoms with Crippen molar-refractivity contribution >= 4 is 17.7 Å². The Hall–Kier alpha value is -2.76. The third-order valence-electron chi connectivity index (χ3n) is 3.28. The molecule has 2 N–H and O–H groups in total. The fourth-order valence-corrected chi connectivity index (χ4v) is 1.88. The largest absolute Gasteiger partial charge is 0.447 e. The Morgan fingerprint density at radius 3 is 2.00 bits per heavy atom. The van der Waals surface area contributed by atoms with Gasteiger partial charge in [-0.3, -0.25) is 14.9 Å². The number of hydrogen-bond acceptors (Lipinski definition) is 8. The van der Waals surface area contributed by atoms with Crippen LogP contribution in [0.3, 0.4) is 0 Å². The number of benzene rings is 1. The Morgan fingerprint density at radius 2 is 1.46 bits per heavy atom. The molecule has 11 nitrogen and oxygen atoms in total. The highest BCUT2D eigenvalue weighted by Gasteiger charge is 2.08. The van der Waals surface area contributed by atoms with Crippen molar-refractivity contribution in [1.29, 1.82) is 0 Å². The highest BCUT2D eigenvalue weighted by molar-refractivity contribution is 5.94. The summed E-state index contributed by atoms with van der Waals surface area (Å²) in [5, 5.41) is 15.5. The van der Waals surface area contributed by atoms with E-state index in [2.05, 4.69) is 10.6 Å². The smallest absolute Gasteiger partial charge is 0.406 e. The molecule has 28 heavy (non-hydrogen) atoms. The third kappa shape index (κ3) is 10.4. The Kier molecular flexibility index (Phi) is 11.9. The van der Waals surface area contributed by atoms with Gasteiger partial charge < -0.3 is 29.6 Å². The van der Waals surface area contributed by atoms with Crippen molar-refractivity contribution in [3.8, 4) is 0 Å². The van der Waals surface area contributed by atoms with Crippen LogP contribution in [0.1, 0.15) is 10.4 Å². The highest BCUT2D eigenvalue weighted by Crippen LogP contribution is 2.11. The fraction of sp³-hybridized carbons (Fsp3) is 0.529. The lowest BCUT2D eigenvalue weighted by Crippen LogP contribution is -2.27. The Balaban J connectivity index is 1.93. The Morgan fingerprint density at radius 1 is 0.929 bits per heavy atom. The van der Waals surface area contributed by atoms with E-state index in [-0.39, 0.29) is 18.2 Å². The zero-order chi connectivity index (χ0) is 20.6. The molecule has 0 saturated heterocycles. The van der Waals surface area contributed by atoms with E-state index < -0.39 is 11.0 Å². The number of nitro benzene ring substituents is 1. The zero-order valence-corrected chi connectivity index (χ0v) is 15.7. The van der Waals surface area contributed by atoms with Crippen LogP contribution in [-0.4, -0.2) is 76.8 Å². The molecular formula is C17H25N3O8. The van der Waals surface area contributed by atoms with E-state index in [9.17, 15) is 19.7 Å². The van der Waals surface area contributed by atoms with Crippen LogP contribution in [0.15, 0.2) is 24.3 Å². The molecule has 1 aromatic carbocycles. The number of alkyl carbamates (subject to hydrolysis) is 1. The Labute approximate surface area is 162 Å². The predicted molar refractivity (Wildman–Crippen MR) is 98.3 cm³/mol. The highest BCUT2D eigenvalue weighted by atomic mass is 16.6. The molecule has 0 fully saturated rings. The van der Waals surface area contributed by atoms with E-state index in [0.717, 1.165) is 0 Å². The molecule has 1 aromatic rings. The molecule has 0 unspecified atom stereocenters. The number of nitrogens with zero attached hydrogens (tertiary/aromatic N) is 1. The predicted octanol–water partition coefficient (Wildman–Crippen LogP) is 0.730. The second kappa shape index (κ2) is 14.3. The summed E-state index contributed by atoms with van der Waals surface area (Å²) in [7, 11) is 1.48. The standard InChI is InChI=1S/C17H25N3O8/c1-18-17(22)28-13-12-27-11-10-26-9-8-25-7-6-19-16(21)14-2-4-15(5-3-14)20(23)24/h2-5H,6-13H2,1H3,(H,18,22)(H,19,21). The summed E-state index contributed by atoms with van der Waals surface area (Å²) in [5.41, 5.74) is 0.275. The maximum Gasteiger partial charge on any atom is 0.406 e. The van der Waals surface area contributed by atoms with Gasteiger partial charge in [0.25, 0.3) is 11.6 Å². The molecule has 2 amide bonds. The van der Waals surface area contributed by atoms with Crippen molar-refractivity contribution in [3.63, 3.8) is 0 Å². The maximum atomic E-state index is 11.9. The van der Waals surface area contributed by atoms with Crippen molar-refractivity contribution in [2.75, 3.05) is 59.8 Å². The number of carbonyl (C=O) groups excluding carboxylic acids is 2. The minimum Gasteiger partial charge on any atom is -0.447 e. The summed E-state index contributed by atoms with van der Waals surface area (Å²) in [6, 6.07) is 5.35. The summed E-state index contributed by atoms with van der Waals surface area (Å²) >= 11 is 0. The van der Waals surface area contributed by atoms with Crippen LogP contribution in [0.4, 0.5) is 10.5 Å². The summed E-state index contributed by atoms with van der Waals surface area (Å²) in [5.74, 6) is -0.327. The van der Waals surface area contributed by atoms with Crippen LogP contribution in [0, 0.1) is 10.1 Å². The second-order valence-corrected chi connectivity index (χ2v) is 5.28. The van der Waals surface area contributed by atoms with E-state index >= 15 is 0 Å². The molecule has 0 atom stereocenters. The van der Waals surface area contributed by atoms with Crippen LogP contribution < -0.4 is 10.6 Å². The number of carbonyl (C=O) groups is 2. The number of amides is 2. The lowest BCUT2D eigenvalue weighted by Gasteiger charge is -2.08. The second-order valence-electron chi connectivity index (χ2n) is 5.28. The van der Waals surface area contributed by atoms with E-state index in [1.165, 1.54) is 31.3 Å². The van der Waals surface area contributed by atoms with E-state index in [1.54, 1.807) is 0 Å². The molecule has 1 rings (SSSR count). The van der Waals surface area contributed by atoms with Crippen molar-refractivity contribution in [2.24, 2.45) is 0 Å². The summed E-state index contributed by atoms with van der Waals surface area (Å²) in [6.45, 7) is 2.61. The van der Waals surface area contributed by atoms with Gasteiger partial charge >= 0.3 is 6.09 Å². The quantitative estimate of drug-likeness (QED) is 0.265. The summed E-state index contributed by atoms with van der Waals surface area (Å²) in [6.07, 6.45) is -0.499. The van der Waals surface area contributed by atoms with Gasteiger partial charge in [0.1, 0.15) is 6.61 Å². The SMILES string of the molecule is CNC(=O)OCCOCCOCCOCCNC(=O)c1ccc([N+](=O)[O-])cc1. The van der Waals surface area contributed by atoms with Gasteiger partial charge in [0.05, 0.1) is 44.6 Å². The average molecular weight is 399 g/mol. The zero-order valence-electron chi connectivity index (χ0n) is 15.7. The van der Waals surface area contributed by atoms with Crippen molar-refractivity contribution in [1.82, 2.24) is 10.6 Å². The number of hydrogen-bond donors (Lipinski definition) is 2. The molecule has 0 aliphatic rings. The number of rotatable bonds is 14. The van der Waals surface area contributed by atoms with Crippen LogP contribution in [0.2, 0.25) is 0 Å². The van der Waals surface area contributed by atoms with Gasteiger partial charge in [-0.15, -0.1) is 0 Å². The molecular weight excluding hydrogens is 374 g/mol. The maximum absolute atomic E-state index is 11.9. The molecule has 0 aromatic heterocycles. The lowest BCUT2D eigenvalue weighted by molar-refractivity contribution is -0.384. The minimum atomic E-state index is -0.522. The number of nitrogens with one attached hydrogen (secondary N) is 2. The van der Waals surface area contributed by atoms with Crippen LogP contribution in [0.25, 0.3) is 0 Å². The monoisotopic (exact) mass is 399 g/mol. The van der Waals surface area contributed by atoms with Crippen molar-refractivity contribution in [3.05, 3.63) is 39.9 Å². The molecule has 0 aliphatic carbocycles. The fourth-order valence-electron chi connectivity index (χ4n) is 1.88. The van der Waals surface area contributed by atoms with E-state index in [0.29, 0.717) is 51.7 Å². The first kappa shape index (κ1) is 23.3. The summed E-state index contributed by atoms with van der Waals surface area (Å²) < 4.78 is 20.6. The molecule has 0 heterocycles. The molecule has 0 bridgehead atoms. The molecule has 0 saturated carbocycles. The van der Waals surface area contributed by atoms with Gasteiger partial charge in [-0.05, 0) is 12.1 Å². The van der Waals surface area contributed by atoms with Gasteiger partial charge in [-0.2, -0.15) is 0 Å². The first-order chi connectivity index (χ1) is 13.5. The van der Waals surface area contributed by atoms with Crippen LogP contribution in [-0.2, 0) is 18.9 Å². The van der Waals surface area contributed by atoms with E-state index in [1.807, 2.05) is 0 Å². The molecule has 11 heteroatoms. The lowest BCUT2D eigenvalue weighted by atomic mass is 10.2. The number of ether oxygens (including phenoxy) is 4. The Bertz CT molecular complexity index is 609. The molecule has 0 spiro atoms. The van der Waals surface area contributed by atoms with Gasteiger partial charge in [0.15, 0.2) is 0 Å². The van der Waals surface area contributed by atoms with Crippen molar-refractivity contribution in [2.45, 2.75) is 0 Å². The van der Waals surface area contributed by atoms with Gasteiger partial charge in [0, 0.05) is 31.3 Å². The van der Waals surface area contributed by atoms with Crippen LogP contribution in [0.5, 0.6) is 0 Å². The van der Waals surface area contributed by atoms with Crippen LogP contribution >= 0.6 is 0 Å². The first-order valence-corrected chi connectivity index (χ1v) is 8.65. The van der Waals surface area contributed by atoms with Crippen molar-refractivity contribution < 1.29 is 33.5 Å². The topological polar surface area (TPSA) is 138 Å². The van der Waals surface area contributed by atoms with E-state index in [4.69, 9.17) is 18.9 Å². The van der Waals surface area contributed by atoms with Gasteiger partial charge in [-0.25, -0.2) is 4.79 Å². The molecule has 0 aliphatic heterocycles. The van der Waals surface area contributed by atoms with Gasteiger partial charge in [0.2, 0.25) is 0 Å². The average Bonchev–Trinajstić information content (AvgIpc) is 2.71. The molecule has 156 valence electrons. The third-order valence-corrected chi connectivity index (χ3v) is 3.28. The normalized spacial score (nSPS) is 10.3. The first-order valence-electron chi connectivity index (χ1n) is 8.65. The minimum absolute atomic E-state index is 0.0671.